The monoisotopic (exact) mass is 245 g/mol. The fourth-order valence-electron chi connectivity index (χ4n) is 2.65. The van der Waals surface area contributed by atoms with Crippen LogP contribution in [0.3, 0.4) is 0 Å². The molecule has 1 aliphatic rings. The van der Waals surface area contributed by atoms with Crippen molar-refractivity contribution in [3.05, 3.63) is 24.2 Å². The van der Waals surface area contributed by atoms with Crippen LogP contribution in [0.25, 0.3) is 11.2 Å². The van der Waals surface area contributed by atoms with E-state index in [1.807, 2.05) is 18.3 Å². The second kappa shape index (κ2) is 5.06. The highest BCUT2D eigenvalue weighted by Crippen LogP contribution is 2.21. The van der Waals surface area contributed by atoms with Crippen LogP contribution < -0.4 is 0 Å². The predicted molar refractivity (Wildman–Crippen MR) is 70.4 cm³/mol. The quantitative estimate of drug-likeness (QED) is 0.833. The summed E-state index contributed by atoms with van der Waals surface area (Å²) >= 11 is 0. The number of ether oxygens (including phenoxy) is 1. The van der Waals surface area contributed by atoms with Crippen molar-refractivity contribution in [2.45, 2.75) is 32.7 Å². The minimum Gasteiger partial charge on any atom is -0.381 e. The lowest BCUT2D eigenvalue weighted by Gasteiger charge is -2.23. The minimum atomic E-state index is 0.698. The molecule has 3 rings (SSSR count). The zero-order valence-electron chi connectivity index (χ0n) is 10.8. The third kappa shape index (κ3) is 2.12. The highest BCUT2D eigenvalue weighted by atomic mass is 16.5. The second-order valence-electron chi connectivity index (χ2n) is 4.89. The van der Waals surface area contributed by atoms with Crippen molar-refractivity contribution in [1.29, 1.82) is 0 Å². The Morgan fingerprint density at radius 3 is 3.00 bits per heavy atom. The molecular weight excluding hydrogens is 226 g/mol. The van der Waals surface area contributed by atoms with E-state index in [1.165, 1.54) is 0 Å². The van der Waals surface area contributed by atoms with E-state index in [2.05, 4.69) is 21.5 Å². The highest BCUT2D eigenvalue weighted by Gasteiger charge is 2.18. The molecule has 2 aromatic heterocycles. The number of imidazole rings is 1. The summed E-state index contributed by atoms with van der Waals surface area (Å²) in [6.45, 7) is 4.97. The van der Waals surface area contributed by atoms with E-state index in [4.69, 9.17) is 4.74 Å². The van der Waals surface area contributed by atoms with Gasteiger partial charge in [0.15, 0.2) is 5.65 Å². The van der Waals surface area contributed by atoms with Crippen LogP contribution >= 0.6 is 0 Å². The van der Waals surface area contributed by atoms with Gasteiger partial charge in [0.05, 0.1) is 0 Å². The average Bonchev–Trinajstić information content (AvgIpc) is 2.78. The summed E-state index contributed by atoms with van der Waals surface area (Å²) in [5.74, 6) is 1.85. The molecule has 2 aromatic rings. The summed E-state index contributed by atoms with van der Waals surface area (Å²) < 4.78 is 7.72. The molecule has 0 atom stereocenters. The van der Waals surface area contributed by atoms with Crippen LogP contribution in [0.15, 0.2) is 18.3 Å². The van der Waals surface area contributed by atoms with E-state index in [0.717, 1.165) is 56.0 Å². The lowest BCUT2D eigenvalue weighted by Crippen LogP contribution is -2.21. The van der Waals surface area contributed by atoms with Crippen molar-refractivity contribution in [1.82, 2.24) is 14.5 Å². The van der Waals surface area contributed by atoms with Crippen LogP contribution in [0.2, 0.25) is 0 Å². The molecule has 1 saturated heterocycles. The molecule has 0 N–H and O–H groups in total. The molecule has 4 heteroatoms. The zero-order chi connectivity index (χ0) is 12.4. The van der Waals surface area contributed by atoms with Gasteiger partial charge in [0.25, 0.3) is 0 Å². The first-order valence-electron chi connectivity index (χ1n) is 6.76. The molecule has 18 heavy (non-hydrogen) atoms. The molecule has 0 aromatic carbocycles. The number of nitrogens with zero attached hydrogens (tertiary/aromatic N) is 3. The zero-order valence-corrected chi connectivity index (χ0v) is 10.8. The van der Waals surface area contributed by atoms with Gasteiger partial charge in [-0.15, -0.1) is 0 Å². The Morgan fingerprint density at radius 1 is 1.39 bits per heavy atom. The van der Waals surface area contributed by atoms with E-state index in [9.17, 15) is 0 Å². The Kier molecular flexibility index (Phi) is 3.28. The first-order valence-corrected chi connectivity index (χ1v) is 6.76. The van der Waals surface area contributed by atoms with Crippen LogP contribution in [-0.4, -0.2) is 27.7 Å². The van der Waals surface area contributed by atoms with Gasteiger partial charge in [0, 0.05) is 32.4 Å². The maximum atomic E-state index is 5.42. The lowest BCUT2D eigenvalue weighted by molar-refractivity contribution is 0.0613. The summed E-state index contributed by atoms with van der Waals surface area (Å²) in [7, 11) is 0. The fourth-order valence-corrected chi connectivity index (χ4v) is 2.65. The Balaban J connectivity index is 1.93. The van der Waals surface area contributed by atoms with Crippen molar-refractivity contribution in [3.63, 3.8) is 0 Å². The third-order valence-corrected chi connectivity index (χ3v) is 3.68. The third-order valence-electron chi connectivity index (χ3n) is 3.68. The number of aryl methyl sites for hydroxylation is 1. The van der Waals surface area contributed by atoms with Gasteiger partial charge < -0.3 is 9.30 Å². The van der Waals surface area contributed by atoms with Crippen LogP contribution in [0.1, 0.15) is 25.6 Å². The molecule has 0 saturated carbocycles. The van der Waals surface area contributed by atoms with E-state index in [1.54, 1.807) is 0 Å². The van der Waals surface area contributed by atoms with Crippen molar-refractivity contribution in [2.75, 3.05) is 13.2 Å². The normalized spacial score (nSPS) is 17.4. The van der Waals surface area contributed by atoms with Crippen molar-refractivity contribution < 1.29 is 4.74 Å². The average molecular weight is 245 g/mol. The van der Waals surface area contributed by atoms with Gasteiger partial charge in [-0.05, 0) is 30.9 Å². The molecule has 0 bridgehead atoms. The maximum absolute atomic E-state index is 5.42. The predicted octanol–water partition coefficient (Wildman–Crippen LogP) is 2.42. The molecule has 3 heterocycles. The number of fused-ring (bicyclic) bond motifs is 1. The van der Waals surface area contributed by atoms with Crippen LogP contribution in [0, 0.1) is 5.92 Å². The summed E-state index contributed by atoms with van der Waals surface area (Å²) in [6.07, 6.45) is 5.11. The molecule has 0 unspecified atom stereocenters. The first kappa shape index (κ1) is 11.7. The Bertz CT molecular complexity index is 529. The van der Waals surface area contributed by atoms with E-state index < -0.39 is 0 Å². The molecule has 0 spiro atoms. The number of hydrogen-bond acceptors (Lipinski definition) is 3. The molecular formula is C14H19N3O. The number of hydrogen-bond donors (Lipinski definition) is 0. The molecule has 0 aliphatic carbocycles. The summed E-state index contributed by atoms with van der Waals surface area (Å²) in [5.41, 5.74) is 2.04. The van der Waals surface area contributed by atoms with Crippen molar-refractivity contribution >= 4 is 11.2 Å². The summed E-state index contributed by atoms with van der Waals surface area (Å²) in [6, 6.07) is 4.00. The van der Waals surface area contributed by atoms with Gasteiger partial charge in [-0.3, -0.25) is 0 Å². The van der Waals surface area contributed by atoms with Crippen LogP contribution in [0.4, 0.5) is 0 Å². The maximum Gasteiger partial charge on any atom is 0.159 e. The highest BCUT2D eigenvalue weighted by molar-refractivity contribution is 5.71. The van der Waals surface area contributed by atoms with Gasteiger partial charge in [-0.2, -0.15) is 0 Å². The lowest BCUT2D eigenvalue weighted by atomic mass is 10.0. The first-order chi connectivity index (χ1) is 8.88. The topological polar surface area (TPSA) is 39.9 Å². The van der Waals surface area contributed by atoms with Crippen molar-refractivity contribution in [3.8, 4) is 0 Å². The number of aromatic nitrogens is 3. The van der Waals surface area contributed by atoms with E-state index in [-0.39, 0.29) is 0 Å². The van der Waals surface area contributed by atoms with Crippen molar-refractivity contribution in [2.24, 2.45) is 5.92 Å². The van der Waals surface area contributed by atoms with Crippen LogP contribution in [0.5, 0.6) is 0 Å². The molecule has 0 radical (unpaired) electrons. The molecule has 4 nitrogen and oxygen atoms in total. The van der Waals surface area contributed by atoms with Gasteiger partial charge in [-0.1, -0.05) is 6.92 Å². The van der Waals surface area contributed by atoms with Gasteiger partial charge in [0.2, 0.25) is 0 Å². The standard InChI is InChI=1S/C14H19N3O/c1-2-13-16-12-4-3-7-15-14(12)17(13)10-11-5-8-18-9-6-11/h3-4,7,11H,2,5-6,8-10H2,1H3. The minimum absolute atomic E-state index is 0.698. The van der Waals surface area contributed by atoms with Gasteiger partial charge in [0.1, 0.15) is 11.3 Å². The summed E-state index contributed by atoms with van der Waals surface area (Å²) in [5, 5.41) is 0. The molecule has 1 fully saturated rings. The summed E-state index contributed by atoms with van der Waals surface area (Å²) in [4.78, 5) is 9.15. The number of rotatable bonds is 3. The second-order valence-corrected chi connectivity index (χ2v) is 4.89. The van der Waals surface area contributed by atoms with E-state index >= 15 is 0 Å². The van der Waals surface area contributed by atoms with Crippen LogP contribution in [-0.2, 0) is 17.7 Å². The van der Waals surface area contributed by atoms with Gasteiger partial charge >= 0.3 is 0 Å². The Labute approximate surface area is 107 Å². The largest absolute Gasteiger partial charge is 0.381 e. The Morgan fingerprint density at radius 2 is 2.22 bits per heavy atom. The smallest absolute Gasteiger partial charge is 0.159 e. The molecule has 96 valence electrons. The van der Waals surface area contributed by atoms with Gasteiger partial charge in [-0.25, -0.2) is 9.97 Å². The fraction of sp³-hybridized carbons (Fsp3) is 0.571. The SMILES string of the molecule is CCc1nc2cccnc2n1CC1CCOCC1. The Hall–Kier alpha value is -1.42. The van der Waals surface area contributed by atoms with E-state index in [0.29, 0.717) is 5.92 Å². The molecule has 1 aliphatic heterocycles. The number of pyridine rings is 1. The molecule has 0 amide bonds.